The van der Waals surface area contributed by atoms with Gasteiger partial charge in [-0.3, -0.25) is 4.79 Å². The maximum Gasteiger partial charge on any atom is 0.257 e. The lowest BCUT2D eigenvalue weighted by Gasteiger charge is -2.47. The Bertz CT molecular complexity index is 425. The first kappa shape index (κ1) is 11.9. The third-order valence-electron chi connectivity index (χ3n) is 3.34. The Morgan fingerprint density at radius 3 is 2.71 bits per heavy atom. The molecular weight excluding hydrogens is 216 g/mol. The number of carbonyl (C=O) groups is 1. The average molecular weight is 234 g/mol. The number of nitrogens with zero attached hydrogens (tertiary/aromatic N) is 1. The fourth-order valence-corrected chi connectivity index (χ4v) is 2.07. The van der Waals surface area contributed by atoms with Crippen molar-refractivity contribution in [1.29, 1.82) is 0 Å². The number of nitrogens with two attached hydrogens (primary N) is 1. The van der Waals surface area contributed by atoms with Crippen LogP contribution >= 0.6 is 0 Å². The minimum absolute atomic E-state index is 0.00280. The van der Waals surface area contributed by atoms with Crippen molar-refractivity contribution in [3.8, 4) is 5.75 Å². The quantitative estimate of drug-likeness (QED) is 0.856. The Balaban J connectivity index is 2.12. The Kier molecular flexibility index (Phi) is 3.07. The molecule has 1 aromatic carbocycles. The van der Waals surface area contributed by atoms with Crippen LogP contribution < -0.4 is 10.5 Å². The molecule has 4 heteroatoms. The number of likely N-dealkylation sites (tertiary alicyclic amines) is 1. The highest BCUT2D eigenvalue weighted by molar-refractivity contribution is 5.97. The SMILES string of the molecule is CCC1(N)CN(C(=O)c2ccccc2OC)C1. The predicted molar refractivity (Wildman–Crippen MR) is 66.1 cm³/mol. The predicted octanol–water partition coefficient (Wildman–Crippen LogP) is 1.26. The average Bonchev–Trinajstić information content (AvgIpc) is 2.34. The standard InChI is InChI=1S/C13H18N2O2/c1-3-13(14)8-15(9-13)12(16)10-6-4-5-7-11(10)17-2/h4-7H,3,8-9,14H2,1-2H3. The lowest BCUT2D eigenvalue weighted by atomic mass is 9.87. The van der Waals surface area contributed by atoms with Crippen LogP contribution in [0.25, 0.3) is 0 Å². The lowest BCUT2D eigenvalue weighted by Crippen LogP contribution is -2.68. The maximum atomic E-state index is 12.2. The van der Waals surface area contributed by atoms with Crippen molar-refractivity contribution in [1.82, 2.24) is 4.90 Å². The summed E-state index contributed by atoms with van der Waals surface area (Å²) in [4.78, 5) is 14.0. The van der Waals surface area contributed by atoms with Gasteiger partial charge in [-0.15, -0.1) is 0 Å². The van der Waals surface area contributed by atoms with Crippen LogP contribution in [-0.4, -0.2) is 36.5 Å². The molecular formula is C13H18N2O2. The Hall–Kier alpha value is -1.55. The van der Waals surface area contributed by atoms with Gasteiger partial charge in [0.25, 0.3) is 5.91 Å². The molecule has 1 aliphatic rings. The number of amides is 1. The van der Waals surface area contributed by atoms with E-state index in [0.29, 0.717) is 24.4 Å². The first-order valence-electron chi connectivity index (χ1n) is 5.81. The molecule has 0 bridgehead atoms. The summed E-state index contributed by atoms with van der Waals surface area (Å²) in [5, 5.41) is 0. The molecule has 1 heterocycles. The Labute approximate surface area is 101 Å². The van der Waals surface area contributed by atoms with E-state index in [1.807, 2.05) is 19.1 Å². The molecule has 0 aromatic heterocycles. The summed E-state index contributed by atoms with van der Waals surface area (Å²) in [7, 11) is 1.57. The monoisotopic (exact) mass is 234 g/mol. The van der Waals surface area contributed by atoms with Crippen LogP contribution in [0.4, 0.5) is 0 Å². The van der Waals surface area contributed by atoms with Crippen molar-refractivity contribution in [3.63, 3.8) is 0 Å². The Morgan fingerprint density at radius 1 is 1.47 bits per heavy atom. The zero-order valence-electron chi connectivity index (χ0n) is 10.3. The first-order valence-corrected chi connectivity index (χ1v) is 5.81. The zero-order chi connectivity index (χ0) is 12.5. The van der Waals surface area contributed by atoms with E-state index in [-0.39, 0.29) is 11.4 Å². The minimum atomic E-state index is -0.197. The second kappa shape index (κ2) is 4.37. The van der Waals surface area contributed by atoms with E-state index in [4.69, 9.17) is 10.5 Å². The van der Waals surface area contributed by atoms with E-state index in [0.717, 1.165) is 6.42 Å². The second-order valence-electron chi connectivity index (χ2n) is 4.58. The van der Waals surface area contributed by atoms with E-state index in [2.05, 4.69) is 0 Å². The number of ether oxygens (including phenoxy) is 1. The minimum Gasteiger partial charge on any atom is -0.496 e. The third-order valence-corrected chi connectivity index (χ3v) is 3.34. The van der Waals surface area contributed by atoms with Crippen molar-refractivity contribution in [2.24, 2.45) is 5.73 Å². The Morgan fingerprint density at radius 2 is 2.12 bits per heavy atom. The summed E-state index contributed by atoms with van der Waals surface area (Å²) < 4.78 is 5.18. The number of methoxy groups -OCH3 is 1. The van der Waals surface area contributed by atoms with Crippen molar-refractivity contribution < 1.29 is 9.53 Å². The number of rotatable bonds is 3. The second-order valence-corrected chi connectivity index (χ2v) is 4.58. The summed E-state index contributed by atoms with van der Waals surface area (Å²) in [5.41, 5.74) is 6.46. The molecule has 1 saturated heterocycles. The van der Waals surface area contributed by atoms with Gasteiger partial charge in [0, 0.05) is 13.1 Å². The lowest BCUT2D eigenvalue weighted by molar-refractivity contribution is 0.0398. The van der Waals surface area contributed by atoms with Crippen molar-refractivity contribution in [2.45, 2.75) is 18.9 Å². The van der Waals surface area contributed by atoms with Crippen LogP contribution in [0.15, 0.2) is 24.3 Å². The molecule has 17 heavy (non-hydrogen) atoms. The highest BCUT2D eigenvalue weighted by Gasteiger charge is 2.41. The number of hydrogen-bond donors (Lipinski definition) is 1. The largest absolute Gasteiger partial charge is 0.496 e. The molecule has 0 unspecified atom stereocenters. The van der Waals surface area contributed by atoms with E-state index in [1.165, 1.54) is 0 Å². The molecule has 2 rings (SSSR count). The van der Waals surface area contributed by atoms with E-state index < -0.39 is 0 Å². The van der Waals surface area contributed by atoms with Crippen LogP contribution in [0, 0.1) is 0 Å². The fourth-order valence-electron chi connectivity index (χ4n) is 2.07. The van der Waals surface area contributed by atoms with Crippen molar-refractivity contribution in [3.05, 3.63) is 29.8 Å². The van der Waals surface area contributed by atoms with Gasteiger partial charge in [-0.25, -0.2) is 0 Å². The molecule has 1 fully saturated rings. The van der Waals surface area contributed by atoms with Crippen LogP contribution in [-0.2, 0) is 0 Å². The molecule has 4 nitrogen and oxygen atoms in total. The molecule has 1 aromatic rings. The molecule has 0 atom stereocenters. The van der Waals surface area contributed by atoms with Crippen LogP contribution in [0.2, 0.25) is 0 Å². The zero-order valence-corrected chi connectivity index (χ0v) is 10.3. The van der Waals surface area contributed by atoms with E-state index in [1.54, 1.807) is 24.1 Å². The maximum absolute atomic E-state index is 12.2. The van der Waals surface area contributed by atoms with Gasteiger partial charge in [0.2, 0.25) is 0 Å². The molecule has 0 spiro atoms. The van der Waals surface area contributed by atoms with Crippen molar-refractivity contribution in [2.75, 3.05) is 20.2 Å². The first-order chi connectivity index (χ1) is 8.09. The summed E-state index contributed by atoms with van der Waals surface area (Å²) >= 11 is 0. The van der Waals surface area contributed by atoms with Gasteiger partial charge in [0.1, 0.15) is 5.75 Å². The van der Waals surface area contributed by atoms with Crippen molar-refractivity contribution >= 4 is 5.91 Å². The molecule has 1 aliphatic heterocycles. The van der Waals surface area contributed by atoms with Gasteiger partial charge in [-0.05, 0) is 18.6 Å². The van der Waals surface area contributed by atoms with E-state index in [9.17, 15) is 4.79 Å². The number of para-hydroxylation sites is 1. The van der Waals surface area contributed by atoms with Gasteiger partial charge < -0.3 is 15.4 Å². The van der Waals surface area contributed by atoms with Gasteiger partial charge in [0.05, 0.1) is 18.2 Å². The normalized spacial score (nSPS) is 17.5. The molecule has 0 aliphatic carbocycles. The topological polar surface area (TPSA) is 55.6 Å². The molecule has 1 amide bonds. The molecule has 2 N–H and O–H groups in total. The molecule has 0 saturated carbocycles. The summed E-state index contributed by atoms with van der Waals surface area (Å²) in [6.45, 7) is 3.30. The van der Waals surface area contributed by atoms with Gasteiger partial charge in [0.15, 0.2) is 0 Å². The van der Waals surface area contributed by atoms with Crippen LogP contribution in [0.5, 0.6) is 5.75 Å². The fraction of sp³-hybridized carbons (Fsp3) is 0.462. The van der Waals surface area contributed by atoms with E-state index >= 15 is 0 Å². The van der Waals surface area contributed by atoms with Gasteiger partial charge >= 0.3 is 0 Å². The number of hydrogen-bond acceptors (Lipinski definition) is 3. The molecule has 92 valence electrons. The summed E-state index contributed by atoms with van der Waals surface area (Å²) in [6, 6.07) is 7.27. The number of carbonyl (C=O) groups excluding carboxylic acids is 1. The van der Waals surface area contributed by atoms with Gasteiger partial charge in [-0.1, -0.05) is 19.1 Å². The summed E-state index contributed by atoms with van der Waals surface area (Å²) in [6.07, 6.45) is 0.892. The molecule has 0 radical (unpaired) electrons. The van der Waals surface area contributed by atoms with Crippen LogP contribution in [0.3, 0.4) is 0 Å². The highest BCUT2D eigenvalue weighted by atomic mass is 16.5. The van der Waals surface area contributed by atoms with Gasteiger partial charge in [-0.2, -0.15) is 0 Å². The van der Waals surface area contributed by atoms with Crippen LogP contribution in [0.1, 0.15) is 23.7 Å². The summed E-state index contributed by atoms with van der Waals surface area (Å²) in [5.74, 6) is 0.612. The third kappa shape index (κ3) is 2.13. The highest BCUT2D eigenvalue weighted by Crippen LogP contribution is 2.26. The smallest absolute Gasteiger partial charge is 0.257 e. The number of benzene rings is 1.